The van der Waals surface area contributed by atoms with Gasteiger partial charge in [-0.15, -0.1) is 0 Å². The zero-order valence-electron chi connectivity index (χ0n) is 15.4. The Morgan fingerprint density at radius 2 is 2.00 bits per heavy atom. The van der Waals surface area contributed by atoms with Gasteiger partial charge >= 0.3 is 17.9 Å². The Balaban J connectivity index is 3.11. The molecule has 0 aromatic carbocycles. The monoisotopic (exact) mass is 369 g/mol. The summed E-state index contributed by atoms with van der Waals surface area (Å²) in [5, 5.41) is 3.68. The summed E-state index contributed by atoms with van der Waals surface area (Å²) < 4.78 is 20.6. The third kappa shape index (κ3) is 5.66. The largest absolute Gasteiger partial charge is 0.483 e. The lowest BCUT2D eigenvalue weighted by Gasteiger charge is -2.38. The molecule has 26 heavy (non-hydrogen) atoms. The number of carbonyl (C=O) groups excluding carboxylic acids is 3. The van der Waals surface area contributed by atoms with Gasteiger partial charge in [0.1, 0.15) is 18.8 Å². The van der Waals surface area contributed by atoms with E-state index in [1.165, 1.54) is 27.0 Å². The lowest BCUT2D eigenvalue weighted by Crippen LogP contribution is -2.46. The van der Waals surface area contributed by atoms with E-state index in [-0.39, 0.29) is 18.3 Å². The van der Waals surface area contributed by atoms with E-state index in [1.807, 2.05) is 0 Å². The van der Waals surface area contributed by atoms with Crippen LogP contribution in [0, 0.1) is 11.8 Å². The van der Waals surface area contributed by atoms with Crippen LogP contribution in [-0.4, -0.2) is 49.9 Å². The van der Waals surface area contributed by atoms with Crippen LogP contribution in [0.25, 0.3) is 10.4 Å². The Morgan fingerprint density at radius 1 is 1.35 bits per heavy atom. The second-order valence-electron chi connectivity index (χ2n) is 5.97. The molecule has 0 N–H and O–H groups in total. The second kappa shape index (κ2) is 9.67. The third-order valence-electron chi connectivity index (χ3n) is 4.09. The molecule has 10 nitrogen and oxygen atoms in total. The minimum Gasteiger partial charge on any atom is -0.483 e. The number of hydrogen-bond donors (Lipinski definition) is 0. The van der Waals surface area contributed by atoms with Crippen molar-refractivity contribution < 1.29 is 33.3 Å². The Morgan fingerprint density at radius 3 is 2.50 bits per heavy atom. The number of ether oxygens (including phenoxy) is 4. The molecule has 0 aromatic heterocycles. The molecular formula is C16H23N3O7. The van der Waals surface area contributed by atoms with Crippen molar-refractivity contribution in [1.29, 1.82) is 0 Å². The topological polar surface area (TPSA) is 137 Å². The molecule has 0 aromatic rings. The summed E-state index contributed by atoms with van der Waals surface area (Å²) in [7, 11) is 1.20. The van der Waals surface area contributed by atoms with E-state index in [4.69, 9.17) is 19.7 Å². The maximum atomic E-state index is 11.8. The smallest absolute Gasteiger partial charge is 0.372 e. The molecule has 0 spiro atoms. The summed E-state index contributed by atoms with van der Waals surface area (Å²) in [6.07, 6.45) is -0.0520. The summed E-state index contributed by atoms with van der Waals surface area (Å²) in [4.78, 5) is 37.1. The molecule has 0 unspecified atom stereocenters. The first-order chi connectivity index (χ1) is 12.2. The van der Waals surface area contributed by atoms with Crippen LogP contribution in [0.4, 0.5) is 0 Å². The van der Waals surface area contributed by atoms with Crippen LogP contribution in [0.3, 0.4) is 0 Å². The second-order valence-corrected chi connectivity index (χ2v) is 5.97. The van der Waals surface area contributed by atoms with Crippen molar-refractivity contribution in [3.8, 4) is 0 Å². The van der Waals surface area contributed by atoms with Crippen molar-refractivity contribution in [2.24, 2.45) is 17.0 Å². The van der Waals surface area contributed by atoms with E-state index in [0.29, 0.717) is 0 Å². The number of methoxy groups -OCH3 is 1. The van der Waals surface area contributed by atoms with Crippen molar-refractivity contribution >= 4 is 17.9 Å². The highest BCUT2D eigenvalue weighted by molar-refractivity contribution is 5.86. The molecule has 1 heterocycles. The average molecular weight is 369 g/mol. The molecule has 0 bridgehead atoms. The standard InChI is InChI=1S/C16H23N3O7/c1-8-12(18-19-17)6-13(16(22)23-5)26-15(8)9(2)14(25-11(4)21)7-24-10(3)20/h6,8-9,12,14-15H,7H2,1-5H3/t8-,9-,12+,14-,15-/m1/s1. The predicted octanol–water partition coefficient (Wildman–Crippen LogP) is 1.89. The van der Waals surface area contributed by atoms with Gasteiger partial charge in [-0.25, -0.2) is 4.79 Å². The van der Waals surface area contributed by atoms with Gasteiger partial charge in [0.2, 0.25) is 5.76 Å². The number of nitrogens with zero attached hydrogens (tertiary/aromatic N) is 3. The zero-order chi connectivity index (χ0) is 19.9. The SMILES string of the molecule is COC(=O)C1=C[C@H](N=[N+]=[N-])[C@@H](C)[C@H]([C@H](C)[C@@H](COC(C)=O)OC(C)=O)O1. The van der Waals surface area contributed by atoms with Crippen molar-refractivity contribution in [2.75, 3.05) is 13.7 Å². The molecule has 0 saturated carbocycles. The summed E-state index contributed by atoms with van der Waals surface area (Å²) in [6.45, 7) is 5.83. The molecule has 1 aliphatic rings. The van der Waals surface area contributed by atoms with E-state index in [1.54, 1.807) is 13.8 Å². The molecule has 1 rings (SSSR count). The number of hydrogen-bond acceptors (Lipinski definition) is 8. The quantitative estimate of drug-likeness (QED) is 0.220. The van der Waals surface area contributed by atoms with E-state index >= 15 is 0 Å². The molecule has 0 aliphatic carbocycles. The van der Waals surface area contributed by atoms with Crippen LogP contribution in [0.1, 0.15) is 27.7 Å². The van der Waals surface area contributed by atoms with Gasteiger partial charge in [0.25, 0.3) is 0 Å². The molecule has 144 valence electrons. The fraction of sp³-hybridized carbons (Fsp3) is 0.688. The molecule has 0 fully saturated rings. The Hall–Kier alpha value is -2.74. The maximum Gasteiger partial charge on any atom is 0.372 e. The molecule has 0 radical (unpaired) electrons. The number of carbonyl (C=O) groups is 3. The first-order valence-electron chi connectivity index (χ1n) is 8.02. The van der Waals surface area contributed by atoms with Crippen LogP contribution < -0.4 is 0 Å². The van der Waals surface area contributed by atoms with Gasteiger partial charge in [-0.3, -0.25) is 9.59 Å². The van der Waals surface area contributed by atoms with Gasteiger partial charge < -0.3 is 18.9 Å². The summed E-state index contributed by atoms with van der Waals surface area (Å²) >= 11 is 0. The Kier molecular flexibility index (Phi) is 7.92. The van der Waals surface area contributed by atoms with Gasteiger partial charge in [0, 0.05) is 30.6 Å². The molecule has 5 atom stereocenters. The summed E-state index contributed by atoms with van der Waals surface area (Å²) in [6, 6.07) is -0.651. The van der Waals surface area contributed by atoms with Crippen LogP contribution >= 0.6 is 0 Å². The normalized spacial score (nSPS) is 24.0. The van der Waals surface area contributed by atoms with Crippen molar-refractivity contribution in [3.05, 3.63) is 22.3 Å². The Bertz CT molecular complexity index is 627. The van der Waals surface area contributed by atoms with Crippen molar-refractivity contribution in [3.63, 3.8) is 0 Å². The van der Waals surface area contributed by atoms with Gasteiger partial charge in [0.15, 0.2) is 0 Å². The Labute approximate surface area is 151 Å². The van der Waals surface area contributed by atoms with Crippen molar-refractivity contribution in [1.82, 2.24) is 0 Å². The predicted molar refractivity (Wildman–Crippen MR) is 88.4 cm³/mol. The fourth-order valence-corrected chi connectivity index (χ4v) is 2.71. The third-order valence-corrected chi connectivity index (χ3v) is 4.09. The fourth-order valence-electron chi connectivity index (χ4n) is 2.71. The van der Waals surface area contributed by atoms with Gasteiger partial charge in [-0.05, 0) is 11.6 Å². The lowest BCUT2D eigenvalue weighted by atomic mass is 9.83. The number of esters is 3. The van der Waals surface area contributed by atoms with Crippen LogP contribution in [0.5, 0.6) is 0 Å². The summed E-state index contributed by atoms with van der Waals surface area (Å²) in [5.74, 6) is -2.67. The lowest BCUT2D eigenvalue weighted by molar-refractivity contribution is -0.165. The number of azide groups is 1. The van der Waals surface area contributed by atoms with Crippen molar-refractivity contribution in [2.45, 2.75) is 45.9 Å². The van der Waals surface area contributed by atoms with Gasteiger partial charge in [-0.1, -0.05) is 19.0 Å². The zero-order valence-corrected chi connectivity index (χ0v) is 15.4. The minimum atomic E-state index is -0.799. The highest BCUT2D eigenvalue weighted by Crippen LogP contribution is 2.33. The maximum absolute atomic E-state index is 11.8. The minimum absolute atomic E-state index is 0.0890. The van der Waals surface area contributed by atoms with Crippen LogP contribution in [0.15, 0.2) is 16.9 Å². The molecule has 10 heteroatoms. The molecule has 0 saturated heterocycles. The van der Waals surface area contributed by atoms with E-state index in [0.717, 1.165) is 0 Å². The first-order valence-corrected chi connectivity index (χ1v) is 8.02. The van der Waals surface area contributed by atoms with Crippen LogP contribution in [-0.2, 0) is 33.3 Å². The first kappa shape index (κ1) is 21.3. The molecule has 0 amide bonds. The van der Waals surface area contributed by atoms with Crippen LogP contribution in [0.2, 0.25) is 0 Å². The van der Waals surface area contributed by atoms with Gasteiger partial charge in [-0.2, -0.15) is 0 Å². The van der Waals surface area contributed by atoms with E-state index < -0.39 is 42.1 Å². The molecular weight excluding hydrogens is 346 g/mol. The van der Waals surface area contributed by atoms with E-state index in [2.05, 4.69) is 14.8 Å². The number of rotatable bonds is 7. The van der Waals surface area contributed by atoms with E-state index in [9.17, 15) is 14.4 Å². The average Bonchev–Trinajstić information content (AvgIpc) is 2.58. The summed E-state index contributed by atoms with van der Waals surface area (Å²) in [5.41, 5.74) is 8.76. The highest BCUT2D eigenvalue weighted by atomic mass is 16.6. The highest BCUT2D eigenvalue weighted by Gasteiger charge is 2.41. The molecule has 1 aliphatic heterocycles. The van der Waals surface area contributed by atoms with Gasteiger partial charge in [0.05, 0.1) is 13.2 Å².